The van der Waals surface area contributed by atoms with E-state index in [-0.39, 0.29) is 17.0 Å². The Bertz CT molecular complexity index is 1280. The number of sulfonamides is 1. The smallest absolute Gasteiger partial charge is 0.340 e. The third-order valence-corrected chi connectivity index (χ3v) is 6.27. The molecule has 0 unspecified atom stereocenters. The number of aromatic nitrogens is 1. The normalized spacial score (nSPS) is 12.3. The molecule has 0 aliphatic carbocycles. The van der Waals surface area contributed by atoms with Crippen LogP contribution in [0.1, 0.15) is 22.1 Å². The summed E-state index contributed by atoms with van der Waals surface area (Å²) in [4.78, 5) is 25.7. The van der Waals surface area contributed by atoms with Crippen molar-refractivity contribution in [2.45, 2.75) is 13.0 Å². The molecule has 10 heteroatoms. The Balaban J connectivity index is 2.17. The van der Waals surface area contributed by atoms with Crippen LogP contribution >= 0.6 is 0 Å². The van der Waals surface area contributed by atoms with Gasteiger partial charge in [-0.3, -0.25) is 13.7 Å². The summed E-state index contributed by atoms with van der Waals surface area (Å²) in [6.07, 6.45) is 2.36. The van der Waals surface area contributed by atoms with Crippen LogP contribution in [0.3, 0.4) is 0 Å². The van der Waals surface area contributed by atoms with Gasteiger partial charge in [-0.05, 0) is 25.1 Å². The van der Waals surface area contributed by atoms with Crippen molar-refractivity contribution in [3.05, 3.63) is 54.2 Å². The van der Waals surface area contributed by atoms with E-state index in [1.807, 2.05) is 0 Å². The molecule has 0 N–H and O–H groups in total. The molecule has 0 fully saturated rings. The van der Waals surface area contributed by atoms with E-state index < -0.39 is 27.9 Å². The number of nitrogens with zero attached hydrogens (tertiary/aromatic N) is 2. The Morgan fingerprint density at radius 3 is 2.31 bits per heavy atom. The lowest BCUT2D eigenvalue weighted by molar-refractivity contribution is 0.0603. The zero-order valence-corrected chi connectivity index (χ0v) is 19.2. The van der Waals surface area contributed by atoms with Crippen LogP contribution < -0.4 is 13.8 Å². The number of carbonyl (C=O) groups excluding carboxylic acids is 2. The molecular weight excluding hydrogens is 436 g/mol. The van der Waals surface area contributed by atoms with Gasteiger partial charge in [0.25, 0.3) is 5.91 Å². The third-order valence-electron chi connectivity index (χ3n) is 5.04. The topological polar surface area (TPSA) is 104 Å². The summed E-state index contributed by atoms with van der Waals surface area (Å²) >= 11 is 0. The molecule has 0 aliphatic rings. The van der Waals surface area contributed by atoms with E-state index in [0.29, 0.717) is 16.7 Å². The number of hydrogen-bond acceptors (Lipinski definition) is 7. The summed E-state index contributed by atoms with van der Waals surface area (Å²) < 4.78 is 43.2. The van der Waals surface area contributed by atoms with Gasteiger partial charge in [-0.2, -0.15) is 0 Å². The molecule has 1 atom stereocenters. The number of esters is 1. The second kappa shape index (κ2) is 8.91. The molecule has 0 saturated carbocycles. The van der Waals surface area contributed by atoms with Crippen LogP contribution in [0.15, 0.2) is 48.7 Å². The van der Waals surface area contributed by atoms with E-state index in [1.165, 1.54) is 45.1 Å². The lowest BCUT2D eigenvalue weighted by Crippen LogP contribution is -2.45. The van der Waals surface area contributed by atoms with Gasteiger partial charge in [-0.1, -0.05) is 18.2 Å². The molecule has 0 aliphatic heterocycles. The van der Waals surface area contributed by atoms with E-state index in [0.717, 1.165) is 10.6 Å². The Morgan fingerprint density at radius 1 is 1.03 bits per heavy atom. The van der Waals surface area contributed by atoms with Crippen molar-refractivity contribution in [1.82, 2.24) is 4.57 Å². The number of ether oxygens (including phenoxy) is 3. The summed E-state index contributed by atoms with van der Waals surface area (Å²) in [6, 6.07) is 10.3. The highest BCUT2D eigenvalue weighted by Gasteiger charge is 2.33. The first-order chi connectivity index (χ1) is 15.1. The van der Waals surface area contributed by atoms with Crippen molar-refractivity contribution in [3.63, 3.8) is 0 Å². The van der Waals surface area contributed by atoms with Crippen LogP contribution in [0.5, 0.6) is 11.5 Å². The van der Waals surface area contributed by atoms with Crippen LogP contribution in [0.2, 0.25) is 0 Å². The summed E-state index contributed by atoms with van der Waals surface area (Å²) in [6.45, 7) is 1.47. The molecule has 0 spiro atoms. The number of anilines is 1. The van der Waals surface area contributed by atoms with Gasteiger partial charge in [0, 0.05) is 17.6 Å². The van der Waals surface area contributed by atoms with E-state index >= 15 is 0 Å². The standard InChI is InChI=1S/C22H24N2O7S/c1-14(24(32(5,27)28)19-12-15(29-2)10-11-20(19)30-3)21(25)23-13-17(22(26)31-4)16-8-6-7-9-18(16)23/h6-14H,1-5H3/t14-/m1/s1. The quantitative estimate of drug-likeness (QED) is 0.499. The first-order valence-electron chi connectivity index (χ1n) is 9.58. The number of fused-ring (bicyclic) bond motifs is 1. The Labute approximate surface area is 186 Å². The largest absolute Gasteiger partial charge is 0.497 e. The fourth-order valence-electron chi connectivity index (χ4n) is 3.58. The van der Waals surface area contributed by atoms with Crippen molar-refractivity contribution in [1.29, 1.82) is 0 Å². The van der Waals surface area contributed by atoms with Gasteiger partial charge in [-0.25, -0.2) is 13.2 Å². The minimum Gasteiger partial charge on any atom is -0.497 e. The van der Waals surface area contributed by atoms with E-state index in [9.17, 15) is 18.0 Å². The Kier molecular flexibility index (Phi) is 6.45. The van der Waals surface area contributed by atoms with E-state index in [1.54, 1.807) is 36.4 Å². The molecule has 9 nitrogen and oxygen atoms in total. The second-order valence-electron chi connectivity index (χ2n) is 7.03. The summed E-state index contributed by atoms with van der Waals surface area (Å²) in [5, 5.41) is 0.518. The molecule has 1 heterocycles. The van der Waals surface area contributed by atoms with Gasteiger partial charge < -0.3 is 14.2 Å². The molecule has 0 amide bonds. The van der Waals surface area contributed by atoms with Crippen molar-refractivity contribution in [2.24, 2.45) is 0 Å². The van der Waals surface area contributed by atoms with Gasteiger partial charge in [0.2, 0.25) is 10.0 Å². The summed E-state index contributed by atoms with van der Waals surface area (Å²) in [5.41, 5.74) is 0.809. The number of rotatable bonds is 7. The SMILES string of the molecule is COC(=O)c1cn(C(=O)[C@@H](C)N(c2cc(OC)ccc2OC)S(C)(=O)=O)c2ccccc12. The summed E-state index contributed by atoms with van der Waals surface area (Å²) in [5.74, 6) is -0.515. The van der Waals surface area contributed by atoms with Gasteiger partial charge >= 0.3 is 5.97 Å². The number of methoxy groups -OCH3 is 3. The molecule has 0 saturated heterocycles. The van der Waals surface area contributed by atoms with Crippen molar-refractivity contribution in [2.75, 3.05) is 31.9 Å². The van der Waals surface area contributed by atoms with Crippen LogP contribution in [0, 0.1) is 0 Å². The van der Waals surface area contributed by atoms with Gasteiger partial charge in [0.1, 0.15) is 17.5 Å². The average Bonchev–Trinajstić information content (AvgIpc) is 3.16. The number of carbonyl (C=O) groups is 2. The number of hydrogen-bond donors (Lipinski definition) is 0. The fraction of sp³-hybridized carbons (Fsp3) is 0.273. The van der Waals surface area contributed by atoms with Crippen LogP contribution in [-0.2, 0) is 14.8 Å². The fourth-order valence-corrected chi connectivity index (χ4v) is 4.74. The molecule has 1 aromatic heterocycles. The zero-order valence-electron chi connectivity index (χ0n) is 18.4. The second-order valence-corrected chi connectivity index (χ2v) is 8.89. The molecule has 3 aromatic rings. The van der Waals surface area contributed by atoms with Gasteiger partial charge in [0.05, 0.1) is 44.4 Å². The van der Waals surface area contributed by atoms with E-state index in [2.05, 4.69) is 0 Å². The molecule has 170 valence electrons. The number of para-hydroxylation sites is 1. The van der Waals surface area contributed by atoms with Gasteiger partial charge in [0.15, 0.2) is 0 Å². The molecule has 32 heavy (non-hydrogen) atoms. The highest BCUT2D eigenvalue weighted by molar-refractivity contribution is 7.92. The molecule has 0 radical (unpaired) electrons. The Hall–Kier alpha value is -3.53. The predicted molar refractivity (Wildman–Crippen MR) is 120 cm³/mol. The molecule has 3 rings (SSSR count). The summed E-state index contributed by atoms with van der Waals surface area (Å²) in [7, 11) is 0.179. The lowest BCUT2D eigenvalue weighted by atomic mass is 10.2. The number of benzene rings is 2. The highest BCUT2D eigenvalue weighted by atomic mass is 32.2. The minimum absolute atomic E-state index is 0.153. The molecular formula is C22H24N2O7S. The van der Waals surface area contributed by atoms with Crippen molar-refractivity contribution >= 4 is 38.5 Å². The monoisotopic (exact) mass is 460 g/mol. The maximum atomic E-state index is 13.5. The molecule has 2 aromatic carbocycles. The van der Waals surface area contributed by atoms with Crippen molar-refractivity contribution < 1.29 is 32.2 Å². The maximum Gasteiger partial charge on any atom is 0.340 e. The lowest BCUT2D eigenvalue weighted by Gasteiger charge is -2.29. The minimum atomic E-state index is -3.92. The highest BCUT2D eigenvalue weighted by Crippen LogP contribution is 2.35. The van der Waals surface area contributed by atoms with Crippen LogP contribution in [0.4, 0.5) is 5.69 Å². The third kappa shape index (κ3) is 4.13. The van der Waals surface area contributed by atoms with Crippen LogP contribution in [0.25, 0.3) is 10.9 Å². The first kappa shape index (κ1) is 23.1. The zero-order chi connectivity index (χ0) is 23.6. The maximum absolute atomic E-state index is 13.5. The van der Waals surface area contributed by atoms with Crippen molar-refractivity contribution in [3.8, 4) is 11.5 Å². The van der Waals surface area contributed by atoms with E-state index in [4.69, 9.17) is 14.2 Å². The predicted octanol–water partition coefficient (Wildman–Crippen LogP) is 2.94. The van der Waals surface area contributed by atoms with Gasteiger partial charge in [-0.15, -0.1) is 0 Å². The first-order valence-corrected chi connectivity index (χ1v) is 11.4. The average molecular weight is 461 g/mol. The van der Waals surface area contributed by atoms with Crippen LogP contribution in [-0.4, -0.2) is 58.5 Å². The molecule has 0 bridgehead atoms. The Morgan fingerprint density at radius 2 is 1.72 bits per heavy atom.